The van der Waals surface area contributed by atoms with E-state index in [9.17, 15) is 4.79 Å². The lowest BCUT2D eigenvalue weighted by molar-refractivity contribution is 0.0656. The Morgan fingerprint density at radius 1 is 1.44 bits per heavy atom. The number of aromatic carboxylic acids is 1. The minimum Gasteiger partial charge on any atom is -0.475 e. The Hall–Kier alpha value is -1.41. The molecule has 2 rings (SSSR count). The first-order valence-electron chi connectivity index (χ1n) is 5.09. The zero-order chi connectivity index (χ0) is 13.1. The Morgan fingerprint density at radius 3 is 2.67 bits per heavy atom. The maximum Gasteiger partial charge on any atom is 0.373 e. The van der Waals surface area contributed by atoms with Crippen LogP contribution in [0.4, 0.5) is 0 Å². The van der Waals surface area contributed by atoms with Gasteiger partial charge in [-0.2, -0.15) is 0 Å². The first kappa shape index (κ1) is 13.0. The number of halogens is 1. The molecule has 0 aliphatic rings. The third-order valence-electron chi connectivity index (χ3n) is 2.26. The van der Waals surface area contributed by atoms with Crippen LogP contribution in [0.2, 0.25) is 0 Å². The van der Waals surface area contributed by atoms with Gasteiger partial charge in [0.05, 0.1) is 6.61 Å². The molecule has 0 saturated heterocycles. The van der Waals surface area contributed by atoms with Crippen LogP contribution in [-0.4, -0.2) is 23.2 Å². The summed E-state index contributed by atoms with van der Waals surface area (Å²) in [6.07, 6.45) is 0. The average molecular weight is 359 g/mol. The van der Waals surface area contributed by atoms with Crippen LogP contribution >= 0.6 is 22.6 Å². The van der Waals surface area contributed by atoms with E-state index < -0.39 is 5.97 Å². The number of hydrogen-bond acceptors (Lipinski definition) is 4. The van der Waals surface area contributed by atoms with E-state index in [-0.39, 0.29) is 18.3 Å². The summed E-state index contributed by atoms with van der Waals surface area (Å²) in [5.41, 5.74) is 1.03. The molecule has 6 heteroatoms. The van der Waals surface area contributed by atoms with Crippen molar-refractivity contribution in [3.05, 3.63) is 39.3 Å². The van der Waals surface area contributed by atoms with Gasteiger partial charge in [0.25, 0.3) is 0 Å². The number of ether oxygens (including phenoxy) is 1. The molecule has 94 valence electrons. The number of hydrogen-bond donors (Lipinski definition) is 1. The second kappa shape index (κ2) is 5.49. The quantitative estimate of drug-likeness (QED) is 0.850. The Kier molecular flexibility index (Phi) is 3.97. The summed E-state index contributed by atoms with van der Waals surface area (Å²) in [6.45, 7) is 0.107. The van der Waals surface area contributed by atoms with Gasteiger partial charge in [-0.25, -0.2) is 9.78 Å². The molecular weight excluding hydrogens is 349 g/mol. The van der Waals surface area contributed by atoms with E-state index in [1.54, 1.807) is 0 Å². The average Bonchev–Trinajstić information content (AvgIpc) is 2.75. The summed E-state index contributed by atoms with van der Waals surface area (Å²) in [7, 11) is 1.48. The number of carboxylic acid groups (broad SMARTS) is 1. The van der Waals surface area contributed by atoms with Gasteiger partial charge in [-0.1, -0.05) is 0 Å². The van der Waals surface area contributed by atoms with Crippen molar-refractivity contribution in [2.45, 2.75) is 6.61 Å². The molecular formula is C12H10INO4. The number of carbonyl (C=O) groups is 1. The Bertz CT molecular complexity index is 562. The molecule has 0 amide bonds. The van der Waals surface area contributed by atoms with Gasteiger partial charge in [0.2, 0.25) is 11.7 Å². The predicted octanol–water partition coefficient (Wildman–Crippen LogP) is 2.79. The molecule has 0 atom stereocenters. The van der Waals surface area contributed by atoms with Crippen molar-refractivity contribution in [1.29, 1.82) is 0 Å². The fourth-order valence-electron chi connectivity index (χ4n) is 1.47. The highest BCUT2D eigenvalue weighted by atomic mass is 127. The van der Waals surface area contributed by atoms with Crippen molar-refractivity contribution in [2.24, 2.45) is 0 Å². The molecule has 0 fully saturated rings. The van der Waals surface area contributed by atoms with Gasteiger partial charge >= 0.3 is 5.97 Å². The topological polar surface area (TPSA) is 72.6 Å². The first-order valence-corrected chi connectivity index (χ1v) is 6.17. The molecule has 2 aromatic rings. The van der Waals surface area contributed by atoms with Gasteiger partial charge in [0, 0.05) is 16.2 Å². The third kappa shape index (κ3) is 2.70. The number of benzene rings is 1. The van der Waals surface area contributed by atoms with Crippen LogP contribution in [0.3, 0.4) is 0 Å². The van der Waals surface area contributed by atoms with Crippen LogP contribution in [0, 0.1) is 3.57 Å². The van der Waals surface area contributed by atoms with Crippen LogP contribution in [0.15, 0.2) is 28.7 Å². The number of methoxy groups -OCH3 is 1. The minimum atomic E-state index is -1.15. The lowest BCUT2D eigenvalue weighted by Crippen LogP contribution is -2.00. The molecule has 18 heavy (non-hydrogen) atoms. The summed E-state index contributed by atoms with van der Waals surface area (Å²) >= 11 is 2.19. The summed E-state index contributed by atoms with van der Waals surface area (Å²) < 4.78 is 11.2. The predicted molar refractivity (Wildman–Crippen MR) is 72.3 cm³/mol. The van der Waals surface area contributed by atoms with Crippen molar-refractivity contribution >= 4 is 28.6 Å². The fourth-order valence-corrected chi connectivity index (χ4v) is 1.83. The third-order valence-corrected chi connectivity index (χ3v) is 2.98. The van der Waals surface area contributed by atoms with Gasteiger partial charge in [0.15, 0.2) is 0 Å². The molecule has 1 aromatic heterocycles. The molecule has 0 bridgehead atoms. The normalized spacial score (nSPS) is 10.6. The number of nitrogens with zero attached hydrogens (tertiary/aromatic N) is 1. The number of carboxylic acids is 1. The molecule has 1 aromatic carbocycles. The van der Waals surface area contributed by atoms with E-state index in [1.807, 2.05) is 24.3 Å². The molecule has 5 nitrogen and oxygen atoms in total. The van der Waals surface area contributed by atoms with Gasteiger partial charge in [-0.05, 0) is 46.9 Å². The molecule has 0 radical (unpaired) electrons. The van der Waals surface area contributed by atoms with Crippen molar-refractivity contribution in [2.75, 3.05) is 7.11 Å². The van der Waals surface area contributed by atoms with Crippen molar-refractivity contribution < 1.29 is 19.1 Å². The van der Waals surface area contributed by atoms with E-state index in [0.29, 0.717) is 5.69 Å². The Labute approximate surface area is 117 Å². The highest BCUT2D eigenvalue weighted by Gasteiger charge is 2.20. The minimum absolute atomic E-state index is 0.107. The van der Waals surface area contributed by atoms with Crippen molar-refractivity contribution in [3.8, 4) is 11.5 Å². The van der Waals surface area contributed by atoms with Crippen molar-refractivity contribution in [3.63, 3.8) is 0 Å². The highest BCUT2D eigenvalue weighted by Crippen LogP contribution is 2.23. The standard InChI is InChI=1S/C12H10INO4/c1-17-6-9-10(12(15)16)18-11(14-9)7-2-4-8(13)5-3-7/h2-5H,6H2,1H3,(H,15,16). The monoisotopic (exact) mass is 359 g/mol. The van der Waals surface area contributed by atoms with E-state index in [1.165, 1.54) is 7.11 Å². The molecule has 1 N–H and O–H groups in total. The van der Waals surface area contributed by atoms with E-state index in [0.717, 1.165) is 9.13 Å². The Morgan fingerprint density at radius 2 is 2.11 bits per heavy atom. The van der Waals surface area contributed by atoms with E-state index >= 15 is 0 Å². The van der Waals surface area contributed by atoms with Crippen molar-refractivity contribution in [1.82, 2.24) is 4.98 Å². The zero-order valence-corrected chi connectivity index (χ0v) is 11.7. The SMILES string of the molecule is COCc1nc(-c2ccc(I)cc2)oc1C(=O)O. The van der Waals surface area contributed by atoms with Crippen LogP contribution in [0.1, 0.15) is 16.2 Å². The molecule has 0 aliphatic heterocycles. The van der Waals surface area contributed by atoms with Gasteiger partial charge in [-0.3, -0.25) is 0 Å². The molecule has 0 unspecified atom stereocenters. The van der Waals surface area contributed by atoms with Crippen LogP contribution in [0.25, 0.3) is 11.5 Å². The lowest BCUT2D eigenvalue weighted by atomic mass is 10.2. The summed E-state index contributed by atoms with van der Waals surface area (Å²) in [5, 5.41) is 9.01. The van der Waals surface area contributed by atoms with Crippen LogP contribution in [0.5, 0.6) is 0 Å². The second-order valence-electron chi connectivity index (χ2n) is 3.54. The summed E-state index contributed by atoms with van der Waals surface area (Å²) in [5.74, 6) is -1.03. The van der Waals surface area contributed by atoms with Crippen LogP contribution < -0.4 is 0 Å². The number of rotatable bonds is 4. The van der Waals surface area contributed by atoms with Gasteiger partial charge in [0.1, 0.15) is 5.69 Å². The number of aromatic nitrogens is 1. The zero-order valence-electron chi connectivity index (χ0n) is 9.51. The lowest BCUT2D eigenvalue weighted by Gasteiger charge is -1.94. The maximum absolute atomic E-state index is 11.0. The molecule has 0 spiro atoms. The molecule has 0 saturated carbocycles. The molecule has 1 heterocycles. The fraction of sp³-hybridized carbons (Fsp3) is 0.167. The smallest absolute Gasteiger partial charge is 0.373 e. The Balaban J connectivity index is 2.42. The summed E-state index contributed by atoms with van der Waals surface area (Å²) in [4.78, 5) is 15.2. The largest absolute Gasteiger partial charge is 0.475 e. The highest BCUT2D eigenvalue weighted by molar-refractivity contribution is 14.1. The van der Waals surface area contributed by atoms with E-state index in [2.05, 4.69) is 27.6 Å². The molecule has 0 aliphatic carbocycles. The summed E-state index contributed by atoms with van der Waals surface area (Å²) in [6, 6.07) is 7.46. The maximum atomic E-state index is 11.0. The number of oxazole rings is 1. The first-order chi connectivity index (χ1) is 8.61. The second-order valence-corrected chi connectivity index (χ2v) is 4.79. The van der Waals surface area contributed by atoms with E-state index in [4.69, 9.17) is 14.3 Å². The van der Waals surface area contributed by atoms with Crippen LogP contribution in [-0.2, 0) is 11.3 Å². The van der Waals surface area contributed by atoms with Gasteiger partial charge < -0.3 is 14.3 Å². The van der Waals surface area contributed by atoms with Gasteiger partial charge in [-0.15, -0.1) is 0 Å².